The average Bonchev–Trinajstić information content (AvgIpc) is 2.42. The Bertz CT molecular complexity index is 371. The summed E-state index contributed by atoms with van der Waals surface area (Å²) in [6, 6.07) is 7.12. The number of rotatable bonds is 7. The number of halogens is 1. The highest BCUT2D eigenvalue weighted by Crippen LogP contribution is 2.16. The van der Waals surface area contributed by atoms with Gasteiger partial charge in [-0.15, -0.1) is 12.4 Å². The monoisotopic (exact) mass is 288 g/mol. The molecule has 1 unspecified atom stereocenters. The summed E-state index contributed by atoms with van der Waals surface area (Å²) in [7, 11) is 3.38. The SMILES string of the molecule is CNCCC(=O)NCC(O)c1ccc(OC)cc1.Cl. The van der Waals surface area contributed by atoms with E-state index in [0.29, 0.717) is 13.0 Å². The van der Waals surface area contributed by atoms with E-state index < -0.39 is 6.10 Å². The van der Waals surface area contributed by atoms with Gasteiger partial charge < -0.3 is 20.5 Å². The van der Waals surface area contributed by atoms with Gasteiger partial charge in [0.05, 0.1) is 13.2 Å². The molecule has 19 heavy (non-hydrogen) atoms. The van der Waals surface area contributed by atoms with Crippen molar-refractivity contribution in [3.05, 3.63) is 29.8 Å². The Morgan fingerprint density at radius 2 is 2.00 bits per heavy atom. The van der Waals surface area contributed by atoms with Gasteiger partial charge in [0.1, 0.15) is 5.75 Å². The zero-order valence-electron chi connectivity index (χ0n) is 11.2. The van der Waals surface area contributed by atoms with Crippen LogP contribution in [0.4, 0.5) is 0 Å². The van der Waals surface area contributed by atoms with Crippen LogP contribution in [-0.2, 0) is 4.79 Å². The quantitative estimate of drug-likeness (QED) is 0.696. The van der Waals surface area contributed by atoms with Gasteiger partial charge >= 0.3 is 0 Å². The molecular weight excluding hydrogens is 268 g/mol. The molecule has 1 rings (SSSR count). The predicted octanol–water partition coefficient (Wildman–Crippen LogP) is 0.876. The molecule has 0 saturated heterocycles. The number of hydrogen-bond acceptors (Lipinski definition) is 4. The van der Waals surface area contributed by atoms with E-state index in [4.69, 9.17) is 4.74 Å². The maximum absolute atomic E-state index is 11.4. The summed E-state index contributed by atoms with van der Waals surface area (Å²) < 4.78 is 5.03. The van der Waals surface area contributed by atoms with Gasteiger partial charge in [-0.05, 0) is 24.7 Å². The number of carbonyl (C=O) groups excluding carboxylic acids is 1. The van der Waals surface area contributed by atoms with Gasteiger partial charge in [0.15, 0.2) is 0 Å². The molecule has 0 aliphatic carbocycles. The fraction of sp³-hybridized carbons (Fsp3) is 0.462. The van der Waals surface area contributed by atoms with Crippen molar-refractivity contribution in [1.29, 1.82) is 0 Å². The molecule has 1 aromatic carbocycles. The minimum atomic E-state index is -0.700. The Labute approximate surface area is 119 Å². The van der Waals surface area contributed by atoms with Crippen molar-refractivity contribution < 1.29 is 14.6 Å². The molecule has 0 spiro atoms. The van der Waals surface area contributed by atoms with E-state index in [1.807, 2.05) is 0 Å². The van der Waals surface area contributed by atoms with E-state index in [1.165, 1.54) is 0 Å². The van der Waals surface area contributed by atoms with Crippen LogP contribution in [0.2, 0.25) is 0 Å². The van der Waals surface area contributed by atoms with Gasteiger partial charge in [-0.2, -0.15) is 0 Å². The van der Waals surface area contributed by atoms with Crippen molar-refractivity contribution in [2.24, 2.45) is 0 Å². The molecule has 0 fully saturated rings. The molecule has 6 heteroatoms. The van der Waals surface area contributed by atoms with Gasteiger partial charge in [-0.25, -0.2) is 0 Å². The Kier molecular flexibility index (Phi) is 8.95. The third-order valence-electron chi connectivity index (χ3n) is 2.60. The summed E-state index contributed by atoms with van der Waals surface area (Å²) >= 11 is 0. The fourth-order valence-electron chi connectivity index (χ4n) is 1.48. The second-order valence-electron chi connectivity index (χ2n) is 3.95. The molecule has 0 heterocycles. The van der Waals surface area contributed by atoms with Crippen LogP contribution in [0.3, 0.4) is 0 Å². The number of aliphatic hydroxyl groups is 1. The van der Waals surface area contributed by atoms with Crippen LogP contribution in [0.5, 0.6) is 5.75 Å². The van der Waals surface area contributed by atoms with E-state index in [-0.39, 0.29) is 24.9 Å². The maximum atomic E-state index is 11.4. The highest BCUT2D eigenvalue weighted by Gasteiger charge is 2.09. The number of aliphatic hydroxyl groups excluding tert-OH is 1. The van der Waals surface area contributed by atoms with Gasteiger partial charge in [0.25, 0.3) is 0 Å². The number of ether oxygens (including phenoxy) is 1. The summed E-state index contributed by atoms with van der Waals surface area (Å²) in [6.45, 7) is 0.847. The minimum absolute atomic E-state index is 0. The molecule has 1 atom stereocenters. The molecule has 0 aliphatic heterocycles. The van der Waals surface area contributed by atoms with Crippen LogP contribution in [0.25, 0.3) is 0 Å². The number of methoxy groups -OCH3 is 1. The molecular formula is C13H21ClN2O3. The van der Waals surface area contributed by atoms with Crippen LogP contribution in [0, 0.1) is 0 Å². The Hall–Kier alpha value is -1.30. The first-order chi connectivity index (χ1) is 8.67. The standard InChI is InChI=1S/C13H20N2O3.ClH/c1-14-8-7-13(17)15-9-12(16)10-3-5-11(18-2)6-4-10;/h3-6,12,14,16H,7-9H2,1-2H3,(H,15,17);1H. The lowest BCUT2D eigenvalue weighted by molar-refractivity contribution is -0.121. The summed E-state index contributed by atoms with van der Waals surface area (Å²) in [5, 5.41) is 15.5. The zero-order chi connectivity index (χ0) is 13.4. The first-order valence-electron chi connectivity index (χ1n) is 5.90. The molecule has 0 radical (unpaired) electrons. The average molecular weight is 289 g/mol. The van der Waals surface area contributed by atoms with Gasteiger partial charge in [0, 0.05) is 19.5 Å². The maximum Gasteiger partial charge on any atom is 0.221 e. The van der Waals surface area contributed by atoms with Crippen molar-refractivity contribution in [2.75, 3.05) is 27.2 Å². The lowest BCUT2D eigenvalue weighted by atomic mass is 10.1. The lowest BCUT2D eigenvalue weighted by Gasteiger charge is -2.12. The third-order valence-corrected chi connectivity index (χ3v) is 2.60. The normalized spacial score (nSPS) is 11.3. The van der Waals surface area contributed by atoms with Crippen LogP contribution < -0.4 is 15.4 Å². The number of hydrogen-bond donors (Lipinski definition) is 3. The second-order valence-corrected chi connectivity index (χ2v) is 3.95. The smallest absolute Gasteiger partial charge is 0.221 e. The molecule has 5 nitrogen and oxygen atoms in total. The van der Waals surface area contributed by atoms with Crippen molar-refractivity contribution in [3.8, 4) is 5.75 Å². The number of nitrogens with one attached hydrogen (secondary N) is 2. The minimum Gasteiger partial charge on any atom is -0.497 e. The van der Waals surface area contributed by atoms with E-state index in [0.717, 1.165) is 11.3 Å². The third kappa shape index (κ3) is 6.42. The van der Waals surface area contributed by atoms with Crippen molar-refractivity contribution in [2.45, 2.75) is 12.5 Å². The highest BCUT2D eigenvalue weighted by molar-refractivity contribution is 5.85. The molecule has 0 bridgehead atoms. The Balaban J connectivity index is 0.00000324. The topological polar surface area (TPSA) is 70.6 Å². The predicted molar refractivity (Wildman–Crippen MR) is 76.8 cm³/mol. The van der Waals surface area contributed by atoms with Crippen LogP contribution in [-0.4, -0.2) is 38.3 Å². The van der Waals surface area contributed by atoms with Gasteiger partial charge in [-0.3, -0.25) is 4.79 Å². The van der Waals surface area contributed by atoms with Gasteiger partial charge in [-0.1, -0.05) is 12.1 Å². The molecule has 1 amide bonds. The van der Waals surface area contributed by atoms with Crippen LogP contribution in [0.1, 0.15) is 18.1 Å². The molecule has 108 valence electrons. The molecule has 3 N–H and O–H groups in total. The zero-order valence-corrected chi connectivity index (χ0v) is 12.0. The Morgan fingerprint density at radius 1 is 1.37 bits per heavy atom. The first-order valence-corrected chi connectivity index (χ1v) is 5.90. The van der Waals surface area contributed by atoms with Crippen LogP contribution >= 0.6 is 12.4 Å². The lowest BCUT2D eigenvalue weighted by Crippen LogP contribution is -2.30. The summed E-state index contributed by atoms with van der Waals surface area (Å²) in [5.74, 6) is 0.668. The van der Waals surface area contributed by atoms with Crippen molar-refractivity contribution in [1.82, 2.24) is 10.6 Å². The summed E-state index contributed by atoms with van der Waals surface area (Å²) in [6.07, 6.45) is -0.291. The molecule has 1 aromatic rings. The Morgan fingerprint density at radius 3 is 2.53 bits per heavy atom. The number of benzene rings is 1. The summed E-state index contributed by atoms with van der Waals surface area (Å²) in [5.41, 5.74) is 0.754. The fourth-order valence-corrected chi connectivity index (χ4v) is 1.48. The highest BCUT2D eigenvalue weighted by atomic mass is 35.5. The van der Waals surface area contributed by atoms with E-state index in [1.54, 1.807) is 38.4 Å². The molecule has 0 aromatic heterocycles. The van der Waals surface area contributed by atoms with Gasteiger partial charge in [0.2, 0.25) is 5.91 Å². The number of carbonyl (C=O) groups is 1. The van der Waals surface area contributed by atoms with E-state index >= 15 is 0 Å². The molecule has 0 aliphatic rings. The van der Waals surface area contributed by atoms with Crippen LogP contribution in [0.15, 0.2) is 24.3 Å². The first kappa shape index (κ1) is 17.7. The number of amides is 1. The van der Waals surface area contributed by atoms with E-state index in [9.17, 15) is 9.90 Å². The second kappa shape index (κ2) is 9.61. The van der Waals surface area contributed by atoms with Crippen molar-refractivity contribution >= 4 is 18.3 Å². The largest absolute Gasteiger partial charge is 0.497 e. The summed E-state index contributed by atoms with van der Waals surface area (Å²) in [4.78, 5) is 11.4. The van der Waals surface area contributed by atoms with E-state index in [2.05, 4.69) is 10.6 Å². The molecule has 0 saturated carbocycles. The van der Waals surface area contributed by atoms with Crippen molar-refractivity contribution in [3.63, 3.8) is 0 Å².